The van der Waals surface area contributed by atoms with Crippen LogP contribution in [0.1, 0.15) is 31.1 Å². The van der Waals surface area contributed by atoms with Crippen molar-refractivity contribution in [2.75, 3.05) is 5.32 Å². The molecule has 7 nitrogen and oxygen atoms in total. The van der Waals surface area contributed by atoms with Crippen LogP contribution in [0.25, 0.3) is 0 Å². The summed E-state index contributed by atoms with van der Waals surface area (Å²) in [4.78, 5) is 34.1. The third-order valence-corrected chi connectivity index (χ3v) is 2.77. The molecular weight excluding hydrogens is 312 g/mol. The van der Waals surface area contributed by atoms with E-state index in [0.717, 1.165) is 6.92 Å². The molecule has 1 aromatic rings. The van der Waals surface area contributed by atoms with Crippen molar-refractivity contribution in [3.63, 3.8) is 0 Å². The van der Waals surface area contributed by atoms with E-state index >= 15 is 0 Å². The standard InChI is InChI=1S/C14H15ClN2O5/c1-7(2)22-14(20)10-6-9(4-5-11(10)15)16-13(19)12(17-21)8(3)18/h4-7,18H,1-3H3,(H,16,19). The minimum Gasteiger partial charge on any atom is -0.510 e. The van der Waals surface area contributed by atoms with E-state index in [1.54, 1.807) is 13.8 Å². The van der Waals surface area contributed by atoms with E-state index < -0.39 is 23.3 Å². The number of nitroso groups, excluding NO2 is 1. The Kier molecular flexibility index (Phi) is 6.06. The monoisotopic (exact) mass is 326 g/mol. The average molecular weight is 327 g/mol. The van der Waals surface area contributed by atoms with Crippen LogP contribution >= 0.6 is 11.6 Å². The molecule has 1 rings (SSSR count). The van der Waals surface area contributed by atoms with Gasteiger partial charge < -0.3 is 15.2 Å². The van der Waals surface area contributed by atoms with Gasteiger partial charge in [-0.05, 0) is 44.1 Å². The lowest BCUT2D eigenvalue weighted by Crippen LogP contribution is -2.16. The zero-order chi connectivity index (χ0) is 16.9. The van der Waals surface area contributed by atoms with E-state index in [0.29, 0.717) is 0 Å². The average Bonchev–Trinajstić information content (AvgIpc) is 2.40. The lowest BCUT2D eigenvalue weighted by atomic mass is 10.2. The first-order valence-electron chi connectivity index (χ1n) is 6.31. The summed E-state index contributed by atoms with van der Waals surface area (Å²) < 4.78 is 5.03. The van der Waals surface area contributed by atoms with Crippen LogP contribution in [0.4, 0.5) is 5.69 Å². The molecule has 0 unspecified atom stereocenters. The van der Waals surface area contributed by atoms with Gasteiger partial charge in [-0.1, -0.05) is 11.6 Å². The van der Waals surface area contributed by atoms with Gasteiger partial charge >= 0.3 is 5.97 Å². The first-order valence-corrected chi connectivity index (χ1v) is 6.69. The summed E-state index contributed by atoms with van der Waals surface area (Å²) in [5, 5.41) is 14.1. The first-order chi connectivity index (χ1) is 10.3. The number of hydrogen-bond donors (Lipinski definition) is 2. The fraction of sp³-hybridized carbons (Fsp3) is 0.286. The van der Waals surface area contributed by atoms with Gasteiger partial charge in [-0.15, -0.1) is 4.91 Å². The number of hydrogen-bond acceptors (Lipinski definition) is 6. The van der Waals surface area contributed by atoms with Crippen LogP contribution in [0.5, 0.6) is 0 Å². The fourth-order valence-electron chi connectivity index (χ4n) is 1.50. The van der Waals surface area contributed by atoms with Crippen LogP contribution in [0.2, 0.25) is 5.02 Å². The Morgan fingerprint density at radius 2 is 2.00 bits per heavy atom. The van der Waals surface area contributed by atoms with Crippen molar-refractivity contribution in [1.82, 2.24) is 0 Å². The van der Waals surface area contributed by atoms with Gasteiger partial charge in [-0.25, -0.2) is 4.79 Å². The van der Waals surface area contributed by atoms with Gasteiger partial charge in [0.25, 0.3) is 5.91 Å². The molecule has 0 aliphatic heterocycles. The summed E-state index contributed by atoms with van der Waals surface area (Å²) in [7, 11) is 0. The van der Waals surface area contributed by atoms with E-state index in [9.17, 15) is 19.6 Å². The molecule has 22 heavy (non-hydrogen) atoms. The number of carbonyl (C=O) groups excluding carboxylic acids is 2. The van der Waals surface area contributed by atoms with Crippen LogP contribution in [0.15, 0.2) is 34.8 Å². The molecule has 0 aromatic heterocycles. The van der Waals surface area contributed by atoms with Crippen LogP contribution in [0.3, 0.4) is 0 Å². The summed E-state index contributed by atoms with van der Waals surface area (Å²) in [5.41, 5.74) is -0.382. The molecule has 0 radical (unpaired) electrons. The summed E-state index contributed by atoms with van der Waals surface area (Å²) in [6, 6.07) is 4.14. The molecule has 0 aliphatic rings. The molecule has 0 fully saturated rings. The molecule has 0 bridgehead atoms. The maximum absolute atomic E-state index is 11.9. The van der Waals surface area contributed by atoms with Gasteiger partial charge in [0.1, 0.15) is 5.76 Å². The number of amides is 1. The van der Waals surface area contributed by atoms with Crippen LogP contribution in [-0.2, 0) is 9.53 Å². The summed E-state index contributed by atoms with van der Waals surface area (Å²) in [6.45, 7) is 4.53. The number of nitrogens with one attached hydrogen (secondary N) is 1. The van der Waals surface area contributed by atoms with Gasteiger partial charge in [0.2, 0.25) is 5.70 Å². The molecule has 0 atom stereocenters. The normalized spacial score (nSPS) is 11.7. The van der Waals surface area contributed by atoms with E-state index in [4.69, 9.17) is 16.3 Å². The summed E-state index contributed by atoms with van der Waals surface area (Å²) >= 11 is 5.92. The number of ether oxygens (including phenoxy) is 1. The summed E-state index contributed by atoms with van der Waals surface area (Å²) in [5.74, 6) is -2.06. The Bertz CT molecular complexity index is 636. The molecule has 0 saturated heterocycles. The van der Waals surface area contributed by atoms with Crippen molar-refractivity contribution in [2.45, 2.75) is 26.9 Å². The molecule has 1 aromatic carbocycles. The lowest BCUT2D eigenvalue weighted by molar-refractivity contribution is -0.113. The predicted octanol–water partition coefficient (Wildman–Crippen LogP) is 3.40. The number of nitrogens with zero attached hydrogens (tertiary/aromatic N) is 1. The molecule has 8 heteroatoms. The van der Waals surface area contributed by atoms with Gasteiger partial charge in [0, 0.05) is 5.69 Å². The highest BCUT2D eigenvalue weighted by atomic mass is 35.5. The van der Waals surface area contributed by atoms with E-state index in [1.165, 1.54) is 18.2 Å². The molecule has 0 aliphatic carbocycles. The van der Waals surface area contributed by atoms with Crippen LogP contribution in [0, 0.1) is 4.91 Å². The van der Waals surface area contributed by atoms with Crippen molar-refractivity contribution in [2.24, 2.45) is 5.18 Å². The largest absolute Gasteiger partial charge is 0.510 e. The minimum atomic E-state index is -0.902. The number of benzene rings is 1. The van der Waals surface area contributed by atoms with Gasteiger partial charge in [-0.3, -0.25) is 4.79 Å². The Labute approximate surface area is 131 Å². The Balaban J connectivity index is 3.04. The molecule has 2 N–H and O–H groups in total. The molecule has 0 spiro atoms. The highest BCUT2D eigenvalue weighted by molar-refractivity contribution is 6.33. The molecule has 1 amide bonds. The minimum absolute atomic E-state index is 0.0680. The second-order valence-electron chi connectivity index (χ2n) is 4.63. The SMILES string of the molecule is CC(O)=C(N=O)C(=O)Nc1ccc(Cl)c(C(=O)OC(C)C)c1. The lowest BCUT2D eigenvalue weighted by Gasteiger charge is -2.11. The number of aliphatic hydroxyl groups is 1. The first kappa shape index (κ1) is 17.6. The number of rotatable bonds is 5. The Morgan fingerprint density at radius 3 is 2.50 bits per heavy atom. The van der Waals surface area contributed by atoms with E-state index in [-0.39, 0.29) is 22.4 Å². The molecule has 118 valence electrons. The van der Waals surface area contributed by atoms with Crippen molar-refractivity contribution in [3.05, 3.63) is 45.1 Å². The number of anilines is 1. The highest BCUT2D eigenvalue weighted by Crippen LogP contribution is 2.22. The van der Waals surface area contributed by atoms with Crippen molar-refractivity contribution >= 4 is 29.2 Å². The third-order valence-electron chi connectivity index (χ3n) is 2.44. The van der Waals surface area contributed by atoms with Crippen molar-refractivity contribution in [1.29, 1.82) is 0 Å². The number of aliphatic hydroxyl groups excluding tert-OH is 1. The van der Waals surface area contributed by atoms with E-state index in [1.807, 2.05) is 0 Å². The quantitative estimate of drug-likeness (QED) is 0.373. The van der Waals surface area contributed by atoms with Gasteiger partial charge in [0.15, 0.2) is 0 Å². The highest BCUT2D eigenvalue weighted by Gasteiger charge is 2.17. The zero-order valence-corrected chi connectivity index (χ0v) is 13.0. The number of carbonyl (C=O) groups is 2. The topological polar surface area (TPSA) is 105 Å². The van der Waals surface area contributed by atoms with Gasteiger partial charge in [0.05, 0.1) is 16.7 Å². The van der Waals surface area contributed by atoms with Gasteiger partial charge in [-0.2, -0.15) is 0 Å². The van der Waals surface area contributed by atoms with Crippen molar-refractivity contribution in [3.8, 4) is 0 Å². The summed E-state index contributed by atoms with van der Waals surface area (Å²) in [6.07, 6.45) is -0.326. The van der Waals surface area contributed by atoms with Crippen LogP contribution in [-0.4, -0.2) is 23.1 Å². The zero-order valence-electron chi connectivity index (χ0n) is 12.2. The molecular formula is C14H15ClN2O5. The predicted molar refractivity (Wildman–Crippen MR) is 81.8 cm³/mol. The van der Waals surface area contributed by atoms with Crippen molar-refractivity contribution < 1.29 is 19.4 Å². The second kappa shape index (κ2) is 7.56. The Morgan fingerprint density at radius 1 is 1.36 bits per heavy atom. The fourth-order valence-corrected chi connectivity index (χ4v) is 1.69. The third kappa shape index (κ3) is 4.56. The van der Waals surface area contributed by atoms with E-state index in [2.05, 4.69) is 10.5 Å². The molecule has 0 saturated carbocycles. The maximum atomic E-state index is 11.9. The number of halogens is 1. The van der Waals surface area contributed by atoms with Crippen LogP contribution < -0.4 is 5.32 Å². The molecule has 0 heterocycles. The Hall–Kier alpha value is -2.41. The smallest absolute Gasteiger partial charge is 0.339 e. The second-order valence-corrected chi connectivity index (χ2v) is 5.04. The number of allylic oxidation sites excluding steroid dienone is 1. The number of esters is 1. The maximum Gasteiger partial charge on any atom is 0.339 e.